The first-order valence-corrected chi connectivity index (χ1v) is 8.30. The molecule has 1 aliphatic carbocycles. The number of aliphatic hydroxyl groups is 1. The molecule has 20 heavy (non-hydrogen) atoms. The number of piperidine rings is 1. The number of likely N-dealkylation sites (tertiary alicyclic amines) is 1. The zero-order valence-corrected chi connectivity index (χ0v) is 12.7. The molecule has 110 valence electrons. The van der Waals surface area contributed by atoms with Gasteiger partial charge in [0.25, 0.3) is 0 Å². The largest absolute Gasteiger partial charge is 0.391 e. The second kappa shape index (κ2) is 6.46. The number of hydrogen-bond donors (Lipinski definition) is 1. The van der Waals surface area contributed by atoms with Crippen LogP contribution < -0.4 is 0 Å². The van der Waals surface area contributed by atoms with E-state index >= 15 is 0 Å². The van der Waals surface area contributed by atoms with Gasteiger partial charge in [0.15, 0.2) is 0 Å². The van der Waals surface area contributed by atoms with Crippen LogP contribution in [0.3, 0.4) is 0 Å². The monoisotopic (exact) mass is 293 g/mol. The predicted octanol–water partition coefficient (Wildman–Crippen LogP) is 3.65. The summed E-state index contributed by atoms with van der Waals surface area (Å²) in [6, 6.07) is 9.07. The van der Waals surface area contributed by atoms with Gasteiger partial charge in [-0.3, -0.25) is 4.90 Å². The molecule has 0 unspecified atom stereocenters. The maximum absolute atomic E-state index is 10.4. The molecule has 1 heterocycles. The van der Waals surface area contributed by atoms with E-state index in [2.05, 4.69) is 17.0 Å². The van der Waals surface area contributed by atoms with Gasteiger partial charge in [0.05, 0.1) is 6.10 Å². The Labute approximate surface area is 126 Å². The summed E-state index contributed by atoms with van der Waals surface area (Å²) in [5.74, 6) is 0. The maximum atomic E-state index is 10.4. The lowest BCUT2D eigenvalue weighted by Crippen LogP contribution is -2.53. The Bertz CT molecular complexity index is 427. The summed E-state index contributed by atoms with van der Waals surface area (Å²) in [4.78, 5) is 2.59. The smallest absolute Gasteiger partial charge is 0.0699 e. The van der Waals surface area contributed by atoms with Crippen LogP contribution in [-0.4, -0.2) is 34.7 Å². The zero-order valence-electron chi connectivity index (χ0n) is 12.0. The summed E-state index contributed by atoms with van der Waals surface area (Å²) < 4.78 is 0. The second-order valence-electron chi connectivity index (χ2n) is 6.28. The quantitative estimate of drug-likeness (QED) is 0.919. The summed E-state index contributed by atoms with van der Waals surface area (Å²) in [6.45, 7) is 1.15. The number of nitrogens with zero attached hydrogens (tertiary/aromatic N) is 1. The SMILES string of the molecule is O[C@H]1CCCN(C2CCCC2)[C@H]1Cc1ccc(Cl)cc1. The lowest BCUT2D eigenvalue weighted by Gasteiger charge is -2.43. The molecule has 3 heteroatoms. The molecule has 2 atom stereocenters. The Morgan fingerprint density at radius 2 is 1.75 bits per heavy atom. The molecule has 1 saturated heterocycles. The van der Waals surface area contributed by atoms with Crippen LogP contribution >= 0.6 is 11.6 Å². The Kier molecular flexibility index (Phi) is 4.65. The van der Waals surface area contributed by atoms with Crippen molar-refractivity contribution in [3.63, 3.8) is 0 Å². The second-order valence-corrected chi connectivity index (χ2v) is 6.72. The minimum atomic E-state index is -0.181. The molecule has 1 saturated carbocycles. The van der Waals surface area contributed by atoms with Gasteiger partial charge in [0, 0.05) is 17.1 Å². The van der Waals surface area contributed by atoms with Gasteiger partial charge in [-0.15, -0.1) is 0 Å². The van der Waals surface area contributed by atoms with Gasteiger partial charge in [0.2, 0.25) is 0 Å². The van der Waals surface area contributed by atoms with Crippen molar-refractivity contribution < 1.29 is 5.11 Å². The predicted molar refractivity (Wildman–Crippen MR) is 83.1 cm³/mol. The van der Waals surface area contributed by atoms with E-state index < -0.39 is 0 Å². The Hall–Kier alpha value is -0.570. The molecule has 1 aromatic carbocycles. The Balaban J connectivity index is 1.73. The first-order chi connectivity index (χ1) is 9.74. The third-order valence-corrected chi connectivity index (χ3v) is 5.19. The fourth-order valence-corrected chi connectivity index (χ4v) is 3.99. The average Bonchev–Trinajstić information content (AvgIpc) is 2.97. The third-order valence-electron chi connectivity index (χ3n) is 4.94. The molecular weight excluding hydrogens is 270 g/mol. The van der Waals surface area contributed by atoms with Gasteiger partial charge in [-0.1, -0.05) is 36.6 Å². The molecule has 1 aliphatic heterocycles. The van der Waals surface area contributed by atoms with E-state index in [-0.39, 0.29) is 12.1 Å². The highest BCUT2D eigenvalue weighted by Crippen LogP contribution is 2.31. The van der Waals surface area contributed by atoms with Crippen LogP contribution in [0.15, 0.2) is 24.3 Å². The van der Waals surface area contributed by atoms with Gasteiger partial charge in [-0.05, 0) is 56.3 Å². The number of hydrogen-bond acceptors (Lipinski definition) is 2. The molecule has 0 radical (unpaired) electrons. The molecule has 2 fully saturated rings. The van der Waals surface area contributed by atoms with Crippen molar-refractivity contribution in [2.45, 2.75) is 63.1 Å². The first kappa shape index (κ1) is 14.4. The van der Waals surface area contributed by atoms with E-state index in [9.17, 15) is 5.11 Å². The summed E-state index contributed by atoms with van der Waals surface area (Å²) in [5, 5.41) is 11.2. The van der Waals surface area contributed by atoms with Crippen LogP contribution in [0.1, 0.15) is 44.1 Å². The standard InChI is InChI=1S/C17H24ClNO/c18-14-9-7-13(8-10-14)12-16-17(20)6-3-11-19(16)15-4-1-2-5-15/h7-10,15-17,20H,1-6,11-12H2/t16-,17-/m0/s1. The highest BCUT2D eigenvalue weighted by Gasteiger charge is 2.35. The van der Waals surface area contributed by atoms with Crippen LogP contribution in [0.2, 0.25) is 5.02 Å². The summed E-state index contributed by atoms with van der Waals surface area (Å²) >= 11 is 5.96. The maximum Gasteiger partial charge on any atom is 0.0699 e. The minimum absolute atomic E-state index is 0.181. The molecular formula is C17H24ClNO. The van der Waals surface area contributed by atoms with Crippen molar-refractivity contribution >= 4 is 11.6 Å². The van der Waals surface area contributed by atoms with E-state index in [1.54, 1.807) is 0 Å². The molecule has 2 nitrogen and oxygen atoms in total. The third kappa shape index (κ3) is 3.19. The number of benzene rings is 1. The number of rotatable bonds is 3. The van der Waals surface area contributed by atoms with Gasteiger partial charge in [-0.25, -0.2) is 0 Å². The Morgan fingerprint density at radius 3 is 2.45 bits per heavy atom. The van der Waals surface area contributed by atoms with Crippen LogP contribution in [0.4, 0.5) is 0 Å². The highest BCUT2D eigenvalue weighted by molar-refractivity contribution is 6.30. The minimum Gasteiger partial charge on any atom is -0.391 e. The van der Waals surface area contributed by atoms with E-state index in [1.165, 1.54) is 31.2 Å². The van der Waals surface area contributed by atoms with Crippen molar-refractivity contribution in [1.82, 2.24) is 4.90 Å². The number of aliphatic hydroxyl groups excluding tert-OH is 1. The topological polar surface area (TPSA) is 23.5 Å². The number of halogens is 1. The van der Waals surface area contributed by atoms with Crippen molar-refractivity contribution in [3.05, 3.63) is 34.9 Å². The molecule has 0 aromatic heterocycles. The molecule has 2 aliphatic rings. The van der Waals surface area contributed by atoms with Crippen LogP contribution in [0, 0.1) is 0 Å². The summed E-state index contributed by atoms with van der Waals surface area (Å²) in [5.41, 5.74) is 1.28. The van der Waals surface area contributed by atoms with Crippen LogP contribution in [-0.2, 0) is 6.42 Å². The average molecular weight is 294 g/mol. The summed E-state index contributed by atoms with van der Waals surface area (Å²) in [7, 11) is 0. The molecule has 1 N–H and O–H groups in total. The molecule has 0 spiro atoms. The van der Waals surface area contributed by atoms with Crippen LogP contribution in [0.25, 0.3) is 0 Å². The van der Waals surface area contributed by atoms with Gasteiger partial charge < -0.3 is 5.11 Å². The zero-order chi connectivity index (χ0) is 13.9. The molecule has 0 amide bonds. The Morgan fingerprint density at radius 1 is 1.05 bits per heavy atom. The summed E-state index contributed by atoms with van der Waals surface area (Å²) in [6.07, 6.45) is 8.16. The van der Waals surface area contributed by atoms with E-state index in [1.807, 2.05) is 12.1 Å². The normalized spacial score (nSPS) is 28.9. The van der Waals surface area contributed by atoms with Gasteiger partial charge in [0.1, 0.15) is 0 Å². The highest BCUT2D eigenvalue weighted by atomic mass is 35.5. The lowest BCUT2D eigenvalue weighted by atomic mass is 9.91. The molecule has 0 bridgehead atoms. The van der Waals surface area contributed by atoms with E-state index in [0.717, 1.165) is 30.8 Å². The van der Waals surface area contributed by atoms with Gasteiger partial charge >= 0.3 is 0 Å². The van der Waals surface area contributed by atoms with Crippen molar-refractivity contribution in [2.75, 3.05) is 6.54 Å². The fraction of sp³-hybridized carbons (Fsp3) is 0.647. The van der Waals surface area contributed by atoms with E-state index in [4.69, 9.17) is 11.6 Å². The van der Waals surface area contributed by atoms with Crippen LogP contribution in [0.5, 0.6) is 0 Å². The van der Waals surface area contributed by atoms with Crippen molar-refractivity contribution in [2.24, 2.45) is 0 Å². The first-order valence-electron chi connectivity index (χ1n) is 7.92. The lowest BCUT2D eigenvalue weighted by molar-refractivity contribution is -0.0108. The fourth-order valence-electron chi connectivity index (χ4n) is 3.87. The van der Waals surface area contributed by atoms with Crippen molar-refractivity contribution in [1.29, 1.82) is 0 Å². The molecule has 3 rings (SSSR count). The van der Waals surface area contributed by atoms with Gasteiger partial charge in [-0.2, -0.15) is 0 Å². The molecule has 1 aromatic rings. The van der Waals surface area contributed by atoms with Crippen molar-refractivity contribution in [3.8, 4) is 0 Å². The van der Waals surface area contributed by atoms with E-state index in [0.29, 0.717) is 6.04 Å².